The molecule has 1 unspecified atom stereocenters. The summed E-state index contributed by atoms with van der Waals surface area (Å²) in [7, 11) is 0. The van der Waals surface area contributed by atoms with Crippen LogP contribution in [0.25, 0.3) is 21.7 Å². The molecule has 34 heavy (non-hydrogen) atoms. The van der Waals surface area contributed by atoms with Gasteiger partial charge in [-0.15, -0.1) is 0 Å². The topological polar surface area (TPSA) is 98.2 Å². The summed E-state index contributed by atoms with van der Waals surface area (Å²) >= 11 is 0. The maximum Gasteiger partial charge on any atom is 0.258 e. The Balaban J connectivity index is 2.40. The van der Waals surface area contributed by atoms with E-state index < -0.39 is 11.2 Å². The maximum absolute atomic E-state index is 13.0. The van der Waals surface area contributed by atoms with Gasteiger partial charge < -0.3 is 20.5 Å². The summed E-state index contributed by atoms with van der Waals surface area (Å²) in [5, 5.41) is 25.5. The number of benzene rings is 1. The molecule has 0 fully saturated rings. The van der Waals surface area contributed by atoms with E-state index in [1.807, 2.05) is 18.2 Å². The molecular formula is C28H33N3O3. The van der Waals surface area contributed by atoms with Crippen LogP contribution in [0.1, 0.15) is 66.5 Å². The number of H-pyrrole nitrogens is 1. The number of aromatic amines is 1. The fourth-order valence-electron chi connectivity index (χ4n) is 3.17. The zero-order chi connectivity index (χ0) is 25.5. The number of rotatable bonds is 2. The van der Waals surface area contributed by atoms with Gasteiger partial charge >= 0.3 is 0 Å². The Kier molecular flexibility index (Phi) is 6.55. The summed E-state index contributed by atoms with van der Waals surface area (Å²) in [5.74, 6) is 12.2. The zero-order valence-electron chi connectivity index (χ0n) is 21.1. The number of pyridine rings is 2. The first-order valence-electron chi connectivity index (χ1n) is 11.3. The number of fused-ring (bicyclic) bond motifs is 3. The molecule has 3 rings (SSSR count). The average Bonchev–Trinajstić information content (AvgIpc) is 2.69. The van der Waals surface area contributed by atoms with Crippen LogP contribution in [0.5, 0.6) is 0 Å². The third-order valence-corrected chi connectivity index (χ3v) is 5.50. The minimum atomic E-state index is -1.19. The maximum atomic E-state index is 13.0. The first kappa shape index (κ1) is 25.3. The third-order valence-electron chi connectivity index (χ3n) is 5.50. The highest BCUT2D eigenvalue weighted by atomic mass is 16.3. The Morgan fingerprint density at radius 3 is 2.18 bits per heavy atom. The van der Waals surface area contributed by atoms with Crippen LogP contribution in [0, 0.1) is 29.1 Å². The molecule has 6 heteroatoms. The predicted molar refractivity (Wildman–Crippen MR) is 139 cm³/mol. The lowest BCUT2D eigenvalue weighted by atomic mass is 9.88. The molecule has 2 heterocycles. The highest BCUT2D eigenvalue weighted by Crippen LogP contribution is 2.32. The Bertz CT molecular complexity index is 1420. The van der Waals surface area contributed by atoms with Crippen LogP contribution in [0.15, 0.2) is 29.2 Å². The van der Waals surface area contributed by atoms with Crippen LogP contribution in [0.2, 0.25) is 0 Å². The highest BCUT2D eigenvalue weighted by Gasteiger charge is 2.22. The van der Waals surface area contributed by atoms with E-state index in [4.69, 9.17) is 4.98 Å². The van der Waals surface area contributed by atoms with Gasteiger partial charge in [0, 0.05) is 28.6 Å². The molecule has 6 nitrogen and oxygen atoms in total. The summed E-state index contributed by atoms with van der Waals surface area (Å²) in [4.78, 5) is 20.6. The SMILES string of the molecule is CC(Nc1nc2c(C#CC(C)(C)O)c[nH]c(=O)c2c2cc(C#CC(C)(C)O)ccc12)C(C)(C)C. The van der Waals surface area contributed by atoms with Gasteiger partial charge in [0.05, 0.1) is 16.5 Å². The number of nitrogens with one attached hydrogen (secondary N) is 2. The average molecular weight is 460 g/mol. The molecule has 1 atom stereocenters. The van der Waals surface area contributed by atoms with Gasteiger partial charge in [0.1, 0.15) is 17.0 Å². The number of aliphatic hydroxyl groups is 2. The molecule has 1 aromatic carbocycles. The van der Waals surface area contributed by atoms with Crippen molar-refractivity contribution in [3.8, 4) is 23.7 Å². The smallest absolute Gasteiger partial charge is 0.258 e. The minimum Gasteiger partial charge on any atom is -0.378 e. The Morgan fingerprint density at radius 2 is 1.59 bits per heavy atom. The van der Waals surface area contributed by atoms with Crippen molar-refractivity contribution in [1.29, 1.82) is 0 Å². The summed E-state index contributed by atoms with van der Waals surface area (Å²) in [5.41, 5.74) is -1.02. The largest absolute Gasteiger partial charge is 0.378 e. The number of aromatic nitrogens is 2. The number of hydrogen-bond donors (Lipinski definition) is 4. The van der Waals surface area contributed by atoms with E-state index in [-0.39, 0.29) is 17.0 Å². The van der Waals surface area contributed by atoms with Gasteiger partial charge in [-0.3, -0.25) is 4.79 Å². The van der Waals surface area contributed by atoms with E-state index in [1.54, 1.807) is 27.7 Å². The van der Waals surface area contributed by atoms with E-state index >= 15 is 0 Å². The van der Waals surface area contributed by atoms with Crippen molar-refractivity contribution in [3.63, 3.8) is 0 Å². The van der Waals surface area contributed by atoms with Crippen molar-refractivity contribution in [3.05, 3.63) is 45.9 Å². The molecule has 178 valence electrons. The van der Waals surface area contributed by atoms with E-state index in [1.165, 1.54) is 6.20 Å². The second-order valence-corrected chi connectivity index (χ2v) is 10.8. The van der Waals surface area contributed by atoms with Crippen molar-refractivity contribution in [2.24, 2.45) is 5.41 Å². The lowest BCUT2D eigenvalue weighted by molar-refractivity contribution is 0.143. The number of hydrogen-bond acceptors (Lipinski definition) is 5. The summed E-state index contributed by atoms with van der Waals surface area (Å²) in [6, 6.07) is 5.67. The minimum absolute atomic E-state index is 0.0290. The second-order valence-electron chi connectivity index (χ2n) is 10.8. The van der Waals surface area contributed by atoms with Gasteiger partial charge in [0.25, 0.3) is 5.56 Å². The Hall–Kier alpha value is -3.32. The first-order chi connectivity index (χ1) is 15.5. The molecule has 0 saturated heterocycles. The Labute approximate surface area is 200 Å². The highest BCUT2D eigenvalue weighted by molar-refractivity contribution is 6.11. The number of nitrogens with zero attached hydrogens (tertiary/aromatic N) is 1. The van der Waals surface area contributed by atoms with Gasteiger partial charge in [-0.05, 0) is 58.2 Å². The van der Waals surface area contributed by atoms with Crippen LogP contribution in [0.3, 0.4) is 0 Å². The summed E-state index contributed by atoms with van der Waals surface area (Å²) < 4.78 is 0. The van der Waals surface area contributed by atoms with Crippen LogP contribution < -0.4 is 10.9 Å². The normalized spacial score (nSPS) is 13.1. The molecule has 0 aliphatic heterocycles. The van der Waals surface area contributed by atoms with E-state index in [2.05, 4.69) is 61.7 Å². The van der Waals surface area contributed by atoms with Crippen molar-refractivity contribution in [2.75, 3.05) is 5.32 Å². The number of anilines is 1. The van der Waals surface area contributed by atoms with Crippen molar-refractivity contribution >= 4 is 27.5 Å². The fraction of sp³-hybridized carbons (Fsp3) is 0.429. The van der Waals surface area contributed by atoms with Gasteiger partial charge in [-0.1, -0.05) is 44.5 Å². The van der Waals surface area contributed by atoms with Crippen molar-refractivity contribution in [2.45, 2.75) is 72.6 Å². The van der Waals surface area contributed by atoms with Gasteiger partial charge in [0.2, 0.25) is 0 Å². The van der Waals surface area contributed by atoms with Gasteiger partial charge in [0.15, 0.2) is 0 Å². The summed E-state index contributed by atoms with van der Waals surface area (Å²) in [6.07, 6.45) is 1.52. The molecule has 0 aliphatic carbocycles. The van der Waals surface area contributed by atoms with E-state index in [0.29, 0.717) is 33.2 Å². The van der Waals surface area contributed by atoms with Crippen molar-refractivity contribution < 1.29 is 10.2 Å². The van der Waals surface area contributed by atoms with E-state index in [9.17, 15) is 15.0 Å². The van der Waals surface area contributed by atoms with Gasteiger partial charge in [-0.2, -0.15) is 0 Å². The predicted octanol–water partition coefficient (Wildman–Crippen LogP) is 4.17. The monoisotopic (exact) mass is 459 g/mol. The molecular weight excluding hydrogens is 426 g/mol. The lowest BCUT2D eigenvalue weighted by Gasteiger charge is -2.29. The molecule has 2 aromatic heterocycles. The molecule has 0 spiro atoms. The van der Waals surface area contributed by atoms with Crippen LogP contribution >= 0.6 is 0 Å². The second kappa shape index (κ2) is 8.80. The zero-order valence-corrected chi connectivity index (χ0v) is 21.1. The first-order valence-corrected chi connectivity index (χ1v) is 11.3. The van der Waals surface area contributed by atoms with Gasteiger partial charge in [-0.25, -0.2) is 4.98 Å². The van der Waals surface area contributed by atoms with Crippen LogP contribution in [0.4, 0.5) is 5.82 Å². The molecule has 0 amide bonds. The quantitative estimate of drug-likeness (QED) is 0.341. The molecule has 3 aromatic rings. The molecule has 0 radical (unpaired) electrons. The fourth-order valence-corrected chi connectivity index (χ4v) is 3.17. The molecule has 0 bridgehead atoms. The Morgan fingerprint density at radius 1 is 0.971 bits per heavy atom. The van der Waals surface area contributed by atoms with Crippen molar-refractivity contribution in [1.82, 2.24) is 9.97 Å². The van der Waals surface area contributed by atoms with E-state index in [0.717, 1.165) is 5.39 Å². The standard InChI is InChI=1S/C28H33N3O3/c1-17(26(2,3)4)30-24-20-10-9-18(11-13-27(5,6)33)15-21(20)22-23(31-24)19(16-29-25(22)32)12-14-28(7,8)34/h9-10,15-17,33-34H,1-8H3,(H,29,32)(H,30,31). The summed E-state index contributed by atoms with van der Waals surface area (Å²) in [6.45, 7) is 15.0. The van der Waals surface area contributed by atoms with Crippen LogP contribution in [-0.4, -0.2) is 37.4 Å². The third kappa shape index (κ3) is 5.97. The molecule has 0 saturated carbocycles. The molecule has 0 aliphatic rings. The molecule has 4 N–H and O–H groups in total. The lowest BCUT2D eigenvalue weighted by Crippen LogP contribution is -2.31. The van der Waals surface area contributed by atoms with Crippen LogP contribution in [-0.2, 0) is 0 Å².